The van der Waals surface area contributed by atoms with Crippen LogP contribution < -0.4 is 10.6 Å². The number of rotatable bonds is 4. The van der Waals surface area contributed by atoms with E-state index in [1.54, 1.807) is 19.1 Å². The van der Waals surface area contributed by atoms with E-state index >= 15 is 0 Å². The number of amides is 3. The fraction of sp³-hybridized carbons (Fsp3) is 0.400. The molecule has 6 heteroatoms. The van der Waals surface area contributed by atoms with Gasteiger partial charge in [-0.1, -0.05) is 30.3 Å². The van der Waals surface area contributed by atoms with Gasteiger partial charge in [-0.3, -0.25) is 14.4 Å². The van der Waals surface area contributed by atoms with E-state index in [4.69, 9.17) is 0 Å². The molecule has 2 rings (SSSR count). The summed E-state index contributed by atoms with van der Waals surface area (Å²) in [4.78, 5) is 37.2. The Morgan fingerprint density at radius 3 is 2.38 bits per heavy atom. The van der Waals surface area contributed by atoms with Gasteiger partial charge < -0.3 is 15.5 Å². The van der Waals surface area contributed by atoms with Crippen LogP contribution in [0.15, 0.2) is 30.3 Å². The lowest BCUT2D eigenvalue weighted by Gasteiger charge is -2.49. The third kappa shape index (κ3) is 2.74. The van der Waals surface area contributed by atoms with Crippen molar-refractivity contribution in [3.8, 4) is 0 Å². The molecule has 1 aromatic rings. The minimum Gasteiger partial charge on any atom is -0.357 e. The highest BCUT2D eigenvalue weighted by Crippen LogP contribution is 2.32. The summed E-state index contributed by atoms with van der Waals surface area (Å²) in [7, 11) is 1.54. The van der Waals surface area contributed by atoms with Gasteiger partial charge in [-0.2, -0.15) is 0 Å². The number of nitrogens with one attached hydrogen (secondary N) is 2. The molecule has 1 aliphatic heterocycles. The zero-order valence-electron chi connectivity index (χ0n) is 12.3. The highest BCUT2D eigenvalue weighted by atomic mass is 16.2. The normalized spacial score (nSPS) is 22.2. The van der Waals surface area contributed by atoms with Gasteiger partial charge in [0.25, 0.3) is 5.91 Å². The van der Waals surface area contributed by atoms with Gasteiger partial charge in [0.1, 0.15) is 11.6 Å². The first-order chi connectivity index (χ1) is 9.89. The van der Waals surface area contributed by atoms with Crippen LogP contribution in [0.25, 0.3) is 0 Å². The standard InChI is InChI=1S/C15H19N3O3/c1-10(19)17-15(2)9-18(14(15)21)12(13(20)16-3)11-7-5-4-6-8-11/h4-8,12H,9H2,1-3H3,(H,16,20)(H,17,19)/t12-,15+/m0/s1. The Balaban J connectivity index is 2.24. The Labute approximate surface area is 123 Å². The largest absolute Gasteiger partial charge is 0.357 e. The smallest absolute Gasteiger partial charge is 0.250 e. The van der Waals surface area contributed by atoms with Crippen molar-refractivity contribution in [2.75, 3.05) is 13.6 Å². The molecule has 1 aromatic carbocycles. The number of likely N-dealkylation sites (tertiary alicyclic amines) is 1. The summed E-state index contributed by atoms with van der Waals surface area (Å²) in [6, 6.07) is 8.43. The Morgan fingerprint density at radius 2 is 1.90 bits per heavy atom. The third-order valence-corrected chi connectivity index (χ3v) is 3.59. The van der Waals surface area contributed by atoms with Gasteiger partial charge in [-0.05, 0) is 12.5 Å². The van der Waals surface area contributed by atoms with E-state index in [2.05, 4.69) is 10.6 Å². The lowest BCUT2D eigenvalue weighted by atomic mass is 9.87. The third-order valence-electron chi connectivity index (χ3n) is 3.59. The van der Waals surface area contributed by atoms with E-state index < -0.39 is 11.6 Å². The topological polar surface area (TPSA) is 78.5 Å². The summed E-state index contributed by atoms with van der Waals surface area (Å²) in [5.41, 5.74) is -0.178. The van der Waals surface area contributed by atoms with Crippen LogP contribution >= 0.6 is 0 Å². The monoisotopic (exact) mass is 289 g/mol. The van der Waals surface area contributed by atoms with Crippen LogP contribution in [0.3, 0.4) is 0 Å². The van der Waals surface area contributed by atoms with Crippen molar-refractivity contribution in [2.24, 2.45) is 0 Å². The van der Waals surface area contributed by atoms with E-state index in [1.807, 2.05) is 18.2 Å². The molecule has 0 radical (unpaired) electrons. The van der Waals surface area contributed by atoms with Crippen LogP contribution in [-0.2, 0) is 14.4 Å². The number of carbonyl (C=O) groups excluding carboxylic acids is 3. The minimum atomic E-state index is -0.924. The average Bonchev–Trinajstić information content (AvgIpc) is 2.46. The van der Waals surface area contributed by atoms with Crippen molar-refractivity contribution in [3.05, 3.63) is 35.9 Å². The predicted octanol–water partition coefficient (Wildman–Crippen LogP) is 0.211. The molecular formula is C15H19N3O3. The maximum absolute atomic E-state index is 12.4. The molecule has 1 saturated heterocycles. The number of likely N-dealkylation sites (N-methyl/N-ethyl adjacent to an activating group) is 1. The number of hydrogen-bond donors (Lipinski definition) is 2. The number of carbonyl (C=O) groups is 3. The molecule has 0 aromatic heterocycles. The molecule has 112 valence electrons. The van der Waals surface area contributed by atoms with E-state index in [1.165, 1.54) is 18.9 Å². The molecule has 1 heterocycles. The molecule has 1 fully saturated rings. The second kappa shape index (κ2) is 5.55. The molecule has 1 aliphatic rings. The van der Waals surface area contributed by atoms with Crippen molar-refractivity contribution in [1.82, 2.24) is 15.5 Å². The molecule has 0 saturated carbocycles. The van der Waals surface area contributed by atoms with E-state index in [9.17, 15) is 14.4 Å². The van der Waals surface area contributed by atoms with E-state index in [0.29, 0.717) is 6.54 Å². The van der Waals surface area contributed by atoms with Crippen LogP contribution in [0.2, 0.25) is 0 Å². The van der Waals surface area contributed by atoms with Crippen LogP contribution in [0.5, 0.6) is 0 Å². The fourth-order valence-electron chi connectivity index (χ4n) is 2.64. The molecule has 3 amide bonds. The Kier molecular flexibility index (Phi) is 3.97. The van der Waals surface area contributed by atoms with Gasteiger partial charge in [-0.25, -0.2) is 0 Å². The summed E-state index contributed by atoms with van der Waals surface area (Å²) < 4.78 is 0. The molecule has 0 spiro atoms. The zero-order chi connectivity index (χ0) is 15.6. The minimum absolute atomic E-state index is 0.251. The van der Waals surface area contributed by atoms with Gasteiger partial charge in [0, 0.05) is 14.0 Å². The average molecular weight is 289 g/mol. The van der Waals surface area contributed by atoms with Gasteiger partial charge in [0.15, 0.2) is 0 Å². The first kappa shape index (κ1) is 15.0. The molecular weight excluding hydrogens is 270 g/mol. The quantitative estimate of drug-likeness (QED) is 0.778. The van der Waals surface area contributed by atoms with Crippen molar-refractivity contribution in [1.29, 1.82) is 0 Å². The Morgan fingerprint density at radius 1 is 1.29 bits per heavy atom. The molecule has 0 bridgehead atoms. The Bertz CT molecular complexity index is 573. The lowest BCUT2D eigenvalue weighted by molar-refractivity contribution is -0.161. The summed E-state index contributed by atoms with van der Waals surface area (Å²) >= 11 is 0. The van der Waals surface area contributed by atoms with Gasteiger partial charge in [-0.15, -0.1) is 0 Å². The van der Waals surface area contributed by atoms with Gasteiger partial charge in [0.05, 0.1) is 6.54 Å². The van der Waals surface area contributed by atoms with E-state index in [0.717, 1.165) is 5.56 Å². The van der Waals surface area contributed by atoms with Gasteiger partial charge in [0.2, 0.25) is 11.8 Å². The summed E-state index contributed by atoms with van der Waals surface area (Å²) in [5, 5.41) is 5.22. The van der Waals surface area contributed by atoms with Crippen molar-refractivity contribution < 1.29 is 14.4 Å². The lowest BCUT2D eigenvalue weighted by Crippen LogP contribution is -2.73. The number of hydrogen-bond acceptors (Lipinski definition) is 3. The first-order valence-electron chi connectivity index (χ1n) is 6.75. The van der Waals surface area contributed by atoms with E-state index in [-0.39, 0.29) is 17.7 Å². The van der Waals surface area contributed by atoms with Gasteiger partial charge >= 0.3 is 0 Å². The number of β-lactam (4-membered cyclic amide) rings is 1. The SMILES string of the molecule is CNC(=O)[C@H](c1ccccc1)N1C[C@@](C)(NC(C)=O)C1=O. The maximum atomic E-state index is 12.4. The molecule has 0 unspecified atom stereocenters. The highest BCUT2D eigenvalue weighted by Gasteiger charge is 2.53. The molecule has 6 nitrogen and oxygen atoms in total. The molecule has 2 N–H and O–H groups in total. The number of benzene rings is 1. The molecule has 2 atom stereocenters. The summed E-state index contributed by atoms with van der Waals surface area (Å²) in [5.74, 6) is -0.767. The maximum Gasteiger partial charge on any atom is 0.250 e. The van der Waals surface area contributed by atoms with Crippen molar-refractivity contribution >= 4 is 17.7 Å². The first-order valence-corrected chi connectivity index (χ1v) is 6.75. The highest BCUT2D eigenvalue weighted by molar-refractivity contribution is 5.99. The Hall–Kier alpha value is -2.37. The number of nitrogens with zero attached hydrogens (tertiary/aromatic N) is 1. The van der Waals surface area contributed by atoms with Crippen molar-refractivity contribution in [3.63, 3.8) is 0 Å². The molecule has 0 aliphatic carbocycles. The van der Waals surface area contributed by atoms with Crippen LogP contribution in [0, 0.1) is 0 Å². The second-order valence-electron chi connectivity index (χ2n) is 5.37. The summed E-state index contributed by atoms with van der Waals surface area (Å²) in [6.45, 7) is 3.34. The predicted molar refractivity (Wildman–Crippen MR) is 77.2 cm³/mol. The second-order valence-corrected chi connectivity index (χ2v) is 5.37. The summed E-state index contributed by atoms with van der Waals surface area (Å²) in [6.07, 6.45) is 0. The fourth-order valence-corrected chi connectivity index (χ4v) is 2.64. The van der Waals surface area contributed by atoms with Crippen molar-refractivity contribution in [2.45, 2.75) is 25.4 Å². The molecule has 21 heavy (non-hydrogen) atoms. The van der Waals surface area contributed by atoms with Crippen LogP contribution in [-0.4, -0.2) is 41.8 Å². The van der Waals surface area contributed by atoms with Crippen LogP contribution in [0.4, 0.5) is 0 Å². The van der Waals surface area contributed by atoms with Crippen LogP contribution in [0.1, 0.15) is 25.5 Å². The zero-order valence-corrected chi connectivity index (χ0v) is 12.3.